The maximum Gasteiger partial charge on any atom is 0.261 e. The molecule has 3 heterocycles. The number of carbonyl (C=O) groups excluding carboxylic acids is 1. The summed E-state index contributed by atoms with van der Waals surface area (Å²) in [6.45, 7) is 1.37. The van der Waals surface area contributed by atoms with Crippen LogP contribution in [0.4, 0.5) is 10.1 Å². The summed E-state index contributed by atoms with van der Waals surface area (Å²) in [6.07, 6.45) is 0. The number of nitrogens with one attached hydrogen (secondary N) is 2. The molecule has 3 aromatic rings. The molecule has 0 spiro atoms. The lowest BCUT2D eigenvalue weighted by Crippen LogP contribution is -2.58. The van der Waals surface area contributed by atoms with Gasteiger partial charge in [0.05, 0.1) is 17.3 Å². The van der Waals surface area contributed by atoms with Crippen molar-refractivity contribution >= 4 is 33.9 Å². The zero-order valence-electron chi connectivity index (χ0n) is 16.7. The number of aliphatic imine (C=N–C) groups is 1. The van der Waals surface area contributed by atoms with Crippen LogP contribution >= 0.6 is 0 Å². The lowest BCUT2D eigenvalue weighted by Gasteiger charge is -2.36. The van der Waals surface area contributed by atoms with E-state index in [0.717, 1.165) is 13.1 Å². The lowest BCUT2D eigenvalue weighted by molar-refractivity contribution is -0.127. The highest BCUT2D eigenvalue weighted by molar-refractivity contribution is 6.58. The molecule has 2 aromatic carbocycles. The van der Waals surface area contributed by atoms with E-state index < -0.39 is 5.82 Å². The van der Waals surface area contributed by atoms with Crippen molar-refractivity contribution in [3.8, 4) is 5.88 Å². The number of aromatic nitrogens is 1. The van der Waals surface area contributed by atoms with Crippen molar-refractivity contribution in [1.82, 2.24) is 15.2 Å². The van der Waals surface area contributed by atoms with E-state index in [1.807, 2.05) is 31.3 Å². The number of likely N-dealkylation sites (tertiary alicyclic amines) is 1. The Balaban J connectivity index is 1.45. The normalized spacial score (nSPS) is 17.5. The third-order valence-corrected chi connectivity index (χ3v) is 5.37. The molecule has 0 bridgehead atoms. The quantitative estimate of drug-likeness (QED) is 0.550. The maximum absolute atomic E-state index is 13.9. The number of oxime groups is 1. The molecule has 1 aromatic heterocycles. The van der Waals surface area contributed by atoms with Gasteiger partial charge >= 0.3 is 0 Å². The van der Waals surface area contributed by atoms with Crippen LogP contribution in [0.25, 0.3) is 10.9 Å². The summed E-state index contributed by atoms with van der Waals surface area (Å²) in [5, 5.41) is 18.1. The van der Waals surface area contributed by atoms with Crippen LogP contribution in [-0.2, 0) is 9.63 Å². The first-order valence-corrected chi connectivity index (χ1v) is 9.86. The van der Waals surface area contributed by atoms with Gasteiger partial charge in [-0.25, -0.2) is 9.38 Å². The Morgan fingerprint density at radius 3 is 2.97 bits per heavy atom. The Hall–Kier alpha value is -3.72. The molecule has 0 unspecified atom stereocenters. The Morgan fingerprint density at radius 1 is 1.35 bits per heavy atom. The first-order valence-electron chi connectivity index (χ1n) is 9.86. The van der Waals surface area contributed by atoms with E-state index in [1.165, 1.54) is 12.1 Å². The molecular formula is C22H20FN5O3. The average Bonchev–Trinajstić information content (AvgIpc) is 3.23. The van der Waals surface area contributed by atoms with Gasteiger partial charge in [-0.1, -0.05) is 23.4 Å². The van der Waals surface area contributed by atoms with E-state index in [-0.39, 0.29) is 24.4 Å². The highest BCUT2D eigenvalue weighted by atomic mass is 19.1. The molecule has 9 heteroatoms. The van der Waals surface area contributed by atoms with Crippen molar-refractivity contribution in [2.45, 2.75) is 6.04 Å². The number of nitrogens with zero attached hydrogens (tertiary/aromatic N) is 3. The zero-order chi connectivity index (χ0) is 21.5. The second-order valence-electron chi connectivity index (χ2n) is 7.72. The number of hydrogen-bond donors (Lipinski definition) is 3. The highest BCUT2D eigenvalue weighted by Gasteiger charge is 2.30. The van der Waals surface area contributed by atoms with Crippen LogP contribution in [0.1, 0.15) is 11.1 Å². The molecular weight excluding hydrogens is 401 g/mol. The molecule has 2 aliphatic rings. The van der Waals surface area contributed by atoms with Crippen molar-refractivity contribution < 1.29 is 19.1 Å². The van der Waals surface area contributed by atoms with Gasteiger partial charge in [-0.3, -0.25) is 4.79 Å². The van der Waals surface area contributed by atoms with E-state index in [2.05, 4.69) is 25.3 Å². The third kappa shape index (κ3) is 3.53. The summed E-state index contributed by atoms with van der Waals surface area (Å²) >= 11 is 0. The number of halogens is 1. The number of hydrogen-bond acceptors (Lipinski definition) is 6. The molecule has 1 fully saturated rings. The van der Waals surface area contributed by atoms with Gasteiger partial charge in [0.25, 0.3) is 5.91 Å². The Morgan fingerprint density at radius 2 is 2.16 bits per heavy atom. The molecule has 8 nitrogen and oxygen atoms in total. The molecule has 0 radical (unpaired) electrons. The second-order valence-corrected chi connectivity index (χ2v) is 7.72. The first kappa shape index (κ1) is 19.3. The Bertz CT molecular complexity index is 1240. The number of rotatable bonds is 5. The predicted octanol–water partition coefficient (Wildman–Crippen LogP) is 2.30. The highest BCUT2D eigenvalue weighted by Crippen LogP contribution is 2.35. The van der Waals surface area contributed by atoms with Crippen LogP contribution < -0.4 is 5.32 Å². The van der Waals surface area contributed by atoms with Gasteiger partial charge < -0.3 is 25.1 Å². The van der Waals surface area contributed by atoms with Crippen LogP contribution in [0.3, 0.4) is 0 Å². The molecule has 158 valence electrons. The number of H-pyrrole nitrogens is 1. The number of para-hydroxylation sites is 1. The van der Waals surface area contributed by atoms with E-state index in [1.54, 1.807) is 6.07 Å². The number of aromatic amines is 1. The number of amides is 1. The molecule has 31 heavy (non-hydrogen) atoms. The van der Waals surface area contributed by atoms with Crippen molar-refractivity contribution in [3.05, 3.63) is 59.4 Å². The minimum atomic E-state index is -0.433. The zero-order valence-corrected chi connectivity index (χ0v) is 16.7. The van der Waals surface area contributed by atoms with E-state index in [4.69, 9.17) is 4.84 Å². The molecule has 0 atom stereocenters. The summed E-state index contributed by atoms with van der Waals surface area (Å²) in [5.74, 6) is -0.840. The topological polar surface area (TPSA) is 102 Å². The molecule has 1 amide bonds. The summed E-state index contributed by atoms with van der Waals surface area (Å²) in [4.78, 5) is 27.0. The van der Waals surface area contributed by atoms with Crippen LogP contribution in [0.15, 0.2) is 52.6 Å². The molecule has 3 N–H and O–H groups in total. The number of carbonyl (C=O) groups is 1. The minimum Gasteiger partial charge on any atom is -0.494 e. The Labute approximate surface area is 177 Å². The number of fused-ring (bicyclic) bond motifs is 2. The van der Waals surface area contributed by atoms with E-state index >= 15 is 0 Å². The fraction of sp³-hybridized carbons (Fsp3) is 0.227. The Kier molecular flexibility index (Phi) is 4.67. The SMILES string of the molecule is CN1CC(NC(=O)CO/N=C2/C(c3c(O)[nH]c4ccc(F)cc34)=Nc3ccccc32)C1. The van der Waals surface area contributed by atoms with E-state index in [9.17, 15) is 14.3 Å². The standard InChI is InChI=1S/C22H20FN5O3/c1-28-9-13(10-28)24-18(29)11-31-27-20-14-4-2-3-5-16(14)25-21(20)19-15-8-12(23)6-7-17(15)26-22(19)30/h2-8,13,26,30H,9-11H2,1H3,(H,24,29)/b27-20+. The van der Waals surface area contributed by atoms with Crippen molar-refractivity contribution in [3.63, 3.8) is 0 Å². The number of benzene rings is 2. The van der Waals surface area contributed by atoms with Gasteiger partial charge in [-0.15, -0.1) is 0 Å². The van der Waals surface area contributed by atoms with Crippen LogP contribution in [0.5, 0.6) is 5.88 Å². The van der Waals surface area contributed by atoms with Gasteiger partial charge in [0.1, 0.15) is 17.2 Å². The summed E-state index contributed by atoms with van der Waals surface area (Å²) in [5.41, 5.74) is 2.95. The van der Waals surface area contributed by atoms with Gasteiger partial charge in [0.2, 0.25) is 0 Å². The summed E-state index contributed by atoms with van der Waals surface area (Å²) in [6, 6.07) is 11.6. The summed E-state index contributed by atoms with van der Waals surface area (Å²) in [7, 11) is 1.98. The molecule has 1 saturated heterocycles. The van der Waals surface area contributed by atoms with Gasteiger partial charge in [-0.2, -0.15) is 0 Å². The monoisotopic (exact) mass is 421 g/mol. The van der Waals surface area contributed by atoms with Crippen molar-refractivity contribution in [2.24, 2.45) is 10.1 Å². The molecule has 5 rings (SSSR count). The van der Waals surface area contributed by atoms with Crippen molar-refractivity contribution in [2.75, 3.05) is 26.7 Å². The summed E-state index contributed by atoms with van der Waals surface area (Å²) < 4.78 is 13.9. The molecule has 0 saturated carbocycles. The first-order chi connectivity index (χ1) is 15.0. The van der Waals surface area contributed by atoms with E-state index in [0.29, 0.717) is 39.1 Å². The van der Waals surface area contributed by atoms with Crippen molar-refractivity contribution in [1.29, 1.82) is 0 Å². The van der Waals surface area contributed by atoms with Gasteiger partial charge in [0, 0.05) is 29.6 Å². The maximum atomic E-state index is 13.9. The average molecular weight is 421 g/mol. The van der Waals surface area contributed by atoms with Crippen LogP contribution in [0, 0.1) is 5.82 Å². The predicted molar refractivity (Wildman–Crippen MR) is 114 cm³/mol. The van der Waals surface area contributed by atoms with Crippen LogP contribution in [-0.4, -0.2) is 65.1 Å². The lowest BCUT2D eigenvalue weighted by atomic mass is 10.0. The van der Waals surface area contributed by atoms with Gasteiger partial charge in [0.15, 0.2) is 12.5 Å². The number of likely N-dealkylation sites (N-methyl/N-ethyl adjacent to an activating group) is 1. The fourth-order valence-electron chi connectivity index (χ4n) is 3.94. The molecule has 0 aliphatic carbocycles. The third-order valence-electron chi connectivity index (χ3n) is 5.37. The smallest absolute Gasteiger partial charge is 0.261 e. The second kappa shape index (κ2) is 7.51. The minimum absolute atomic E-state index is 0.121. The van der Waals surface area contributed by atoms with Gasteiger partial charge in [-0.05, 0) is 31.3 Å². The fourth-order valence-corrected chi connectivity index (χ4v) is 3.94. The number of aromatic hydroxyl groups is 1. The largest absolute Gasteiger partial charge is 0.494 e. The van der Waals surface area contributed by atoms with Crippen LogP contribution in [0.2, 0.25) is 0 Å². The molecule has 2 aliphatic heterocycles.